The Kier molecular flexibility index (Phi) is 6.64. The van der Waals surface area contributed by atoms with Crippen LogP contribution in [-0.4, -0.2) is 41.0 Å². The highest BCUT2D eigenvalue weighted by Crippen LogP contribution is 2.35. The van der Waals surface area contributed by atoms with Gasteiger partial charge in [-0.2, -0.15) is 12.8 Å². The first kappa shape index (κ1) is 24.1. The van der Waals surface area contributed by atoms with E-state index >= 15 is 4.39 Å². The van der Waals surface area contributed by atoms with Gasteiger partial charge >= 0.3 is 6.09 Å². The van der Waals surface area contributed by atoms with Gasteiger partial charge < -0.3 is 9.64 Å². The molecule has 32 heavy (non-hydrogen) atoms. The molecule has 0 spiro atoms. The Bertz CT molecular complexity index is 1270. The molecule has 172 valence electrons. The van der Waals surface area contributed by atoms with E-state index in [4.69, 9.17) is 16.3 Å². The largest absolute Gasteiger partial charge is 0.444 e. The van der Waals surface area contributed by atoms with Gasteiger partial charge in [0, 0.05) is 25.0 Å². The van der Waals surface area contributed by atoms with Crippen LogP contribution in [0.4, 0.5) is 13.6 Å². The van der Waals surface area contributed by atoms with Gasteiger partial charge in [0.15, 0.2) is 5.82 Å². The van der Waals surface area contributed by atoms with Crippen molar-refractivity contribution < 1.29 is 26.7 Å². The number of thiophene rings is 1. The topological polar surface area (TPSA) is 81.5 Å². The van der Waals surface area contributed by atoms with E-state index in [0.717, 1.165) is 28.6 Å². The molecule has 0 saturated heterocycles. The predicted molar refractivity (Wildman–Crippen MR) is 117 cm³/mol. The third-order valence-corrected chi connectivity index (χ3v) is 7.53. The number of pyridine rings is 1. The van der Waals surface area contributed by atoms with Crippen molar-refractivity contribution in [3.63, 3.8) is 0 Å². The van der Waals surface area contributed by atoms with Crippen molar-refractivity contribution in [2.24, 2.45) is 0 Å². The first-order valence-corrected chi connectivity index (χ1v) is 11.9. The van der Waals surface area contributed by atoms with Crippen molar-refractivity contribution in [1.82, 2.24) is 13.9 Å². The van der Waals surface area contributed by atoms with Gasteiger partial charge in [-0.15, -0.1) is 11.3 Å². The van der Waals surface area contributed by atoms with Crippen LogP contribution in [0.25, 0.3) is 11.3 Å². The number of carbonyl (C=O) groups excluding carboxylic acids is 1. The minimum atomic E-state index is -4.32. The number of aromatic nitrogens is 2. The summed E-state index contributed by atoms with van der Waals surface area (Å²) in [4.78, 5) is 16.9. The first-order chi connectivity index (χ1) is 14.8. The normalized spacial score (nSPS) is 12.1. The maximum atomic E-state index is 15.5. The molecule has 7 nitrogen and oxygen atoms in total. The molecule has 3 aromatic heterocycles. The number of hydrogen-bond donors (Lipinski definition) is 0. The van der Waals surface area contributed by atoms with Crippen molar-refractivity contribution in [3.05, 3.63) is 58.3 Å². The lowest BCUT2D eigenvalue weighted by Gasteiger charge is -2.24. The van der Waals surface area contributed by atoms with Crippen molar-refractivity contribution >= 4 is 39.1 Å². The molecule has 0 unspecified atom stereocenters. The Hall–Kier alpha value is -2.50. The second kappa shape index (κ2) is 8.80. The van der Waals surface area contributed by atoms with E-state index in [1.807, 2.05) is 0 Å². The van der Waals surface area contributed by atoms with Crippen LogP contribution in [0.1, 0.15) is 26.3 Å². The smallest absolute Gasteiger partial charge is 0.410 e. The van der Waals surface area contributed by atoms with Crippen molar-refractivity contribution in [3.8, 4) is 11.3 Å². The minimum absolute atomic E-state index is 0.150. The summed E-state index contributed by atoms with van der Waals surface area (Å²) in [6.45, 7) is 4.72. The fourth-order valence-electron chi connectivity index (χ4n) is 2.80. The van der Waals surface area contributed by atoms with Crippen molar-refractivity contribution in [2.75, 3.05) is 7.05 Å². The van der Waals surface area contributed by atoms with E-state index in [-0.39, 0.29) is 26.2 Å². The molecule has 0 aromatic carbocycles. The number of rotatable bonds is 5. The van der Waals surface area contributed by atoms with Gasteiger partial charge in [-0.1, -0.05) is 11.6 Å². The highest BCUT2D eigenvalue weighted by molar-refractivity contribution is 7.92. The number of ether oxygens (including phenoxy) is 1. The van der Waals surface area contributed by atoms with Crippen LogP contribution in [0, 0.1) is 11.8 Å². The van der Waals surface area contributed by atoms with Gasteiger partial charge in [-0.25, -0.2) is 18.1 Å². The van der Waals surface area contributed by atoms with E-state index in [1.54, 1.807) is 20.8 Å². The number of carbonyl (C=O) groups is 1. The molecule has 0 radical (unpaired) electrons. The van der Waals surface area contributed by atoms with Crippen LogP contribution >= 0.6 is 22.9 Å². The van der Waals surface area contributed by atoms with Gasteiger partial charge in [0.1, 0.15) is 15.5 Å². The molecule has 3 heterocycles. The lowest BCUT2D eigenvalue weighted by Crippen LogP contribution is -2.33. The second-order valence-corrected chi connectivity index (χ2v) is 11.6. The van der Waals surface area contributed by atoms with Crippen molar-refractivity contribution in [2.45, 2.75) is 37.1 Å². The molecule has 0 aliphatic rings. The monoisotopic (exact) mass is 503 g/mol. The molecule has 3 aromatic rings. The predicted octanol–water partition coefficient (Wildman–Crippen LogP) is 5.15. The van der Waals surface area contributed by atoms with Gasteiger partial charge in [0.05, 0.1) is 16.4 Å². The zero-order chi connectivity index (χ0) is 23.8. The van der Waals surface area contributed by atoms with E-state index in [2.05, 4.69) is 4.98 Å². The van der Waals surface area contributed by atoms with Crippen LogP contribution in [0.3, 0.4) is 0 Å². The number of amides is 1. The maximum absolute atomic E-state index is 15.5. The Morgan fingerprint density at radius 2 is 1.97 bits per heavy atom. The average molecular weight is 504 g/mol. The Labute approximate surface area is 193 Å². The molecule has 0 saturated carbocycles. The molecule has 0 aliphatic heterocycles. The molecule has 0 N–H and O–H groups in total. The van der Waals surface area contributed by atoms with Gasteiger partial charge in [-0.3, -0.25) is 0 Å². The Morgan fingerprint density at radius 1 is 1.28 bits per heavy atom. The number of halogens is 3. The van der Waals surface area contributed by atoms with Crippen LogP contribution in [0.15, 0.2) is 40.9 Å². The molecular formula is C20H20ClF2N3O4S2. The van der Waals surface area contributed by atoms with Crippen LogP contribution in [0.5, 0.6) is 0 Å². The molecule has 0 atom stereocenters. The SMILES string of the molecule is CN(Cc1cn(S(=O)(=O)c2ccc(Cl)s2)c(-c2cccnc2F)c1F)C(=O)OC(C)(C)C. The Balaban J connectivity index is 2.13. The first-order valence-electron chi connectivity index (χ1n) is 9.27. The van der Waals surface area contributed by atoms with Crippen LogP contribution in [-0.2, 0) is 21.3 Å². The van der Waals surface area contributed by atoms with Crippen molar-refractivity contribution in [1.29, 1.82) is 0 Å². The second-order valence-electron chi connectivity index (χ2n) is 7.85. The molecule has 0 fully saturated rings. The van der Waals surface area contributed by atoms with E-state index in [9.17, 15) is 17.6 Å². The fraction of sp³-hybridized carbons (Fsp3) is 0.300. The average Bonchev–Trinajstić information content (AvgIpc) is 3.26. The highest BCUT2D eigenvalue weighted by atomic mass is 35.5. The summed E-state index contributed by atoms with van der Waals surface area (Å²) in [5.41, 5.74) is -1.81. The summed E-state index contributed by atoms with van der Waals surface area (Å²) in [6.07, 6.45) is 1.45. The molecule has 1 amide bonds. The molecular weight excluding hydrogens is 484 g/mol. The summed E-state index contributed by atoms with van der Waals surface area (Å²) in [6, 6.07) is 5.24. The zero-order valence-corrected chi connectivity index (χ0v) is 20.0. The minimum Gasteiger partial charge on any atom is -0.444 e. The van der Waals surface area contributed by atoms with E-state index < -0.39 is 39.2 Å². The summed E-state index contributed by atoms with van der Waals surface area (Å²) >= 11 is 6.65. The maximum Gasteiger partial charge on any atom is 0.410 e. The summed E-state index contributed by atoms with van der Waals surface area (Å²) < 4.78 is 62.3. The van der Waals surface area contributed by atoms with Gasteiger partial charge in [0.25, 0.3) is 10.0 Å². The van der Waals surface area contributed by atoms with Crippen LogP contribution in [0.2, 0.25) is 4.34 Å². The van der Waals surface area contributed by atoms with Gasteiger partial charge in [-0.05, 0) is 45.0 Å². The number of hydrogen-bond acceptors (Lipinski definition) is 6. The van der Waals surface area contributed by atoms with Crippen LogP contribution < -0.4 is 0 Å². The summed E-state index contributed by atoms with van der Waals surface area (Å²) in [7, 11) is -2.94. The zero-order valence-electron chi connectivity index (χ0n) is 17.6. The third kappa shape index (κ3) is 4.94. The molecule has 12 heteroatoms. The lowest BCUT2D eigenvalue weighted by atomic mass is 10.1. The third-order valence-electron chi connectivity index (χ3n) is 4.17. The summed E-state index contributed by atoms with van der Waals surface area (Å²) in [5.74, 6) is -2.05. The Morgan fingerprint density at radius 3 is 2.53 bits per heavy atom. The number of nitrogens with zero attached hydrogens (tertiary/aromatic N) is 3. The summed E-state index contributed by atoms with van der Waals surface area (Å²) in [5, 5.41) is 0. The molecule has 0 bridgehead atoms. The molecule has 3 rings (SSSR count). The van der Waals surface area contributed by atoms with E-state index in [1.165, 1.54) is 31.3 Å². The highest BCUT2D eigenvalue weighted by Gasteiger charge is 2.30. The molecule has 0 aliphatic carbocycles. The lowest BCUT2D eigenvalue weighted by molar-refractivity contribution is 0.0284. The van der Waals surface area contributed by atoms with Gasteiger partial charge in [0.2, 0.25) is 5.95 Å². The van der Waals surface area contributed by atoms with E-state index in [0.29, 0.717) is 3.97 Å². The fourth-order valence-corrected chi connectivity index (χ4v) is 5.77. The standard InChI is InChI=1S/C20H20ClF2N3O4S2/c1-20(2,3)30-19(27)25(4)10-12-11-26(32(28,29)15-8-7-14(21)31-15)17(16(12)22)13-6-5-9-24-18(13)23/h5-9,11H,10H2,1-4H3. The quantitative estimate of drug-likeness (QED) is 0.450.